The molecule has 0 saturated heterocycles. The molecule has 2 atom stereocenters. The van der Waals surface area contributed by atoms with Gasteiger partial charge in [0.15, 0.2) is 0 Å². The number of nitrogens with zero attached hydrogens (tertiary/aromatic N) is 1. The van der Waals surface area contributed by atoms with Crippen LogP contribution in [-0.2, 0) is 0 Å². The van der Waals surface area contributed by atoms with Crippen molar-refractivity contribution >= 4 is 0 Å². The SMILES string of the molecule is CCC/C(C)=C\C(=C(\C)C(C)CC)C(C)N(C)CC. The van der Waals surface area contributed by atoms with E-state index in [2.05, 4.69) is 66.5 Å². The van der Waals surface area contributed by atoms with Crippen molar-refractivity contribution in [3.8, 4) is 0 Å². The first kappa shape index (κ1) is 18.4. The van der Waals surface area contributed by atoms with Crippen LogP contribution in [0.1, 0.15) is 67.7 Å². The Morgan fingerprint density at radius 3 is 2.11 bits per heavy atom. The first-order valence-corrected chi connectivity index (χ1v) is 7.96. The largest absolute Gasteiger partial charge is 0.300 e. The van der Waals surface area contributed by atoms with E-state index in [9.17, 15) is 0 Å². The van der Waals surface area contributed by atoms with Gasteiger partial charge in [0.1, 0.15) is 0 Å². The van der Waals surface area contributed by atoms with Crippen LogP contribution in [0.2, 0.25) is 0 Å². The van der Waals surface area contributed by atoms with Gasteiger partial charge >= 0.3 is 0 Å². The molecule has 0 radical (unpaired) electrons. The first-order chi connectivity index (χ1) is 8.88. The van der Waals surface area contributed by atoms with E-state index < -0.39 is 0 Å². The fraction of sp³-hybridized carbons (Fsp3) is 0.778. The summed E-state index contributed by atoms with van der Waals surface area (Å²) in [5.74, 6) is 0.674. The van der Waals surface area contributed by atoms with Gasteiger partial charge < -0.3 is 0 Å². The van der Waals surface area contributed by atoms with Gasteiger partial charge in [0, 0.05) is 6.04 Å². The fourth-order valence-corrected chi connectivity index (χ4v) is 2.40. The van der Waals surface area contributed by atoms with Crippen LogP contribution < -0.4 is 0 Å². The van der Waals surface area contributed by atoms with E-state index >= 15 is 0 Å². The highest BCUT2D eigenvalue weighted by Crippen LogP contribution is 2.25. The smallest absolute Gasteiger partial charge is 0.0316 e. The van der Waals surface area contributed by atoms with Gasteiger partial charge in [-0.1, -0.05) is 51.3 Å². The lowest BCUT2D eigenvalue weighted by Crippen LogP contribution is -2.31. The minimum absolute atomic E-state index is 0.505. The van der Waals surface area contributed by atoms with Crippen LogP contribution in [0.3, 0.4) is 0 Å². The zero-order chi connectivity index (χ0) is 15.0. The Morgan fingerprint density at radius 1 is 1.11 bits per heavy atom. The molecule has 1 nitrogen and oxygen atoms in total. The van der Waals surface area contributed by atoms with Gasteiger partial charge in [-0.3, -0.25) is 4.90 Å². The Hall–Kier alpha value is -0.560. The molecule has 0 aromatic heterocycles. The van der Waals surface area contributed by atoms with Crippen LogP contribution in [0.5, 0.6) is 0 Å². The molecular formula is C18H35N. The van der Waals surface area contributed by atoms with E-state index in [0.717, 1.165) is 6.54 Å². The Labute approximate surface area is 121 Å². The summed E-state index contributed by atoms with van der Waals surface area (Å²) in [5.41, 5.74) is 4.60. The van der Waals surface area contributed by atoms with Crippen LogP contribution in [0, 0.1) is 5.92 Å². The van der Waals surface area contributed by atoms with Crippen LogP contribution in [-0.4, -0.2) is 24.5 Å². The van der Waals surface area contributed by atoms with E-state index in [1.807, 2.05) is 0 Å². The lowest BCUT2D eigenvalue weighted by atomic mass is 9.90. The second-order valence-electron chi connectivity index (χ2n) is 5.94. The Bertz CT molecular complexity index is 312. The van der Waals surface area contributed by atoms with E-state index in [4.69, 9.17) is 0 Å². The molecule has 0 amide bonds. The molecule has 0 fully saturated rings. The highest BCUT2D eigenvalue weighted by molar-refractivity contribution is 5.33. The van der Waals surface area contributed by atoms with Gasteiger partial charge in [0.05, 0.1) is 0 Å². The van der Waals surface area contributed by atoms with Crippen molar-refractivity contribution < 1.29 is 0 Å². The second-order valence-corrected chi connectivity index (χ2v) is 5.94. The minimum Gasteiger partial charge on any atom is -0.300 e. The summed E-state index contributed by atoms with van der Waals surface area (Å²) in [4.78, 5) is 2.43. The molecule has 0 spiro atoms. The molecule has 19 heavy (non-hydrogen) atoms. The third-order valence-electron chi connectivity index (χ3n) is 4.46. The predicted octanol–water partition coefficient (Wildman–Crippen LogP) is 5.44. The van der Waals surface area contributed by atoms with Crippen molar-refractivity contribution in [2.45, 2.75) is 73.8 Å². The maximum atomic E-state index is 2.45. The third kappa shape index (κ3) is 5.95. The molecule has 0 aromatic rings. The molecule has 0 aliphatic carbocycles. The van der Waals surface area contributed by atoms with Crippen LogP contribution in [0.15, 0.2) is 22.8 Å². The number of hydrogen-bond donors (Lipinski definition) is 0. The molecule has 1 heteroatoms. The normalized spacial score (nSPS) is 17.4. The molecule has 0 bridgehead atoms. The summed E-state index contributed by atoms with van der Waals surface area (Å²) in [6.45, 7) is 17.1. The first-order valence-electron chi connectivity index (χ1n) is 7.96. The molecule has 0 N–H and O–H groups in total. The zero-order valence-corrected chi connectivity index (χ0v) is 14.5. The topological polar surface area (TPSA) is 3.24 Å². The quantitative estimate of drug-likeness (QED) is 0.528. The highest BCUT2D eigenvalue weighted by atomic mass is 15.1. The monoisotopic (exact) mass is 265 g/mol. The summed E-state index contributed by atoms with van der Waals surface area (Å²) >= 11 is 0. The maximum Gasteiger partial charge on any atom is 0.0316 e. The highest BCUT2D eigenvalue weighted by Gasteiger charge is 2.16. The Balaban J connectivity index is 5.43. The fourth-order valence-electron chi connectivity index (χ4n) is 2.40. The van der Waals surface area contributed by atoms with Crippen molar-refractivity contribution in [3.63, 3.8) is 0 Å². The van der Waals surface area contributed by atoms with Crippen LogP contribution in [0.25, 0.3) is 0 Å². The number of allylic oxidation sites excluding steroid dienone is 2. The van der Waals surface area contributed by atoms with E-state index in [-0.39, 0.29) is 0 Å². The van der Waals surface area contributed by atoms with Gasteiger partial charge in [-0.2, -0.15) is 0 Å². The van der Waals surface area contributed by atoms with E-state index in [1.165, 1.54) is 30.4 Å². The molecule has 0 aliphatic heterocycles. The molecule has 0 aromatic carbocycles. The van der Waals surface area contributed by atoms with Crippen molar-refractivity contribution in [1.29, 1.82) is 0 Å². The Morgan fingerprint density at radius 2 is 1.68 bits per heavy atom. The zero-order valence-electron chi connectivity index (χ0n) is 14.5. The number of hydrogen-bond acceptors (Lipinski definition) is 1. The molecule has 112 valence electrons. The Kier molecular flexibility index (Phi) is 9.08. The minimum atomic E-state index is 0.505. The molecule has 0 aliphatic rings. The van der Waals surface area contributed by atoms with Gasteiger partial charge in [-0.25, -0.2) is 0 Å². The molecular weight excluding hydrogens is 230 g/mol. The summed E-state index contributed by atoms with van der Waals surface area (Å²) in [7, 11) is 2.22. The van der Waals surface area contributed by atoms with Crippen LogP contribution in [0.4, 0.5) is 0 Å². The lowest BCUT2D eigenvalue weighted by molar-refractivity contribution is 0.303. The number of rotatable bonds is 8. The molecule has 0 rings (SSSR count). The van der Waals surface area contributed by atoms with Crippen LogP contribution >= 0.6 is 0 Å². The van der Waals surface area contributed by atoms with Crippen molar-refractivity contribution in [2.24, 2.45) is 5.92 Å². The van der Waals surface area contributed by atoms with Gasteiger partial charge in [-0.05, 0) is 58.7 Å². The number of likely N-dealkylation sites (N-methyl/N-ethyl adjacent to an activating group) is 1. The third-order valence-corrected chi connectivity index (χ3v) is 4.46. The van der Waals surface area contributed by atoms with Gasteiger partial charge in [-0.15, -0.1) is 0 Å². The van der Waals surface area contributed by atoms with Crippen molar-refractivity contribution in [3.05, 3.63) is 22.8 Å². The maximum absolute atomic E-state index is 2.45. The van der Waals surface area contributed by atoms with Crippen molar-refractivity contribution in [1.82, 2.24) is 4.90 Å². The standard InChI is InChI=1S/C18H35N/c1-9-12-14(4)13-18(16(6)15(5)10-2)17(7)19(8)11-3/h13,15,17H,9-12H2,1-8H3/b14-13-,18-16+. The summed E-state index contributed by atoms with van der Waals surface area (Å²) in [5, 5.41) is 0. The summed E-state index contributed by atoms with van der Waals surface area (Å²) in [6, 6.07) is 0.505. The molecule has 0 heterocycles. The summed E-state index contributed by atoms with van der Waals surface area (Å²) in [6.07, 6.45) is 6.11. The van der Waals surface area contributed by atoms with Gasteiger partial charge in [0.25, 0.3) is 0 Å². The van der Waals surface area contributed by atoms with Crippen molar-refractivity contribution in [2.75, 3.05) is 13.6 Å². The average Bonchev–Trinajstić information content (AvgIpc) is 2.41. The lowest BCUT2D eigenvalue weighted by Gasteiger charge is -2.28. The average molecular weight is 265 g/mol. The predicted molar refractivity (Wildman–Crippen MR) is 88.6 cm³/mol. The second kappa shape index (κ2) is 9.36. The van der Waals surface area contributed by atoms with E-state index in [1.54, 1.807) is 5.57 Å². The van der Waals surface area contributed by atoms with Gasteiger partial charge in [0.2, 0.25) is 0 Å². The van der Waals surface area contributed by atoms with E-state index in [0.29, 0.717) is 12.0 Å². The summed E-state index contributed by atoms with van der Waals surface area (Å²) < 4.78 is 0. The molecule has 2 unspecified atom stereocenters. The molecule has 0 saturated carbocycles.